The van der Waals surface area contributed by atoms with Crippen LogP contribution in [0.4, 0.5) is 0 Å². The Morgan fingerprint density at radius 3 is 2.07 bits per heavy atom. The second-order valence-electron chi connectivity index (χ2n) is 7.69. The van der Waals surface area contributed by atoms with E-state index in [0.717, 1.165) is 25.9 Å². The molecule has 7 nitrogen and oxygen atoms in total. The van der Waals surface area contributed by atoms with Crippen LogP contribution in [0.3, 0.4) is 0 Å². The first kappa shape index (κ1) is 21.3. The van der Waals surface area contributed by atoms with Crippen LogP contribution in [0, 0.1) is 0 Å². The van der Waals surface area contributed by atoms with Crippen LogP contribution in [-0.2, 0) is 9.59 Å². The molecule has 7 heteroatoms. The summed E-state index contributed by atoms with van der Waals surface area (Å²) in [6.07, 6.45) is 3.89. The van der Waals surface area contributed by atoms with Gasteiger partial charge in [-0.25, -0.2) is 0 Å². The monoisotopic (exact) mass is 401 g/mol. The number of ether oxygens (including phenoxy) is 1. The Morgan fingerprint density at radius 1 is 0.828 bits per heavy atom. The van der Waals surface area contributed by atoms with Crippen LogP contribution in [0.5, 0.6) is 5.75 Å². The van der Waals surface area contributed by atoms with Gasteiger partial charge in [0, 0.05) is 51.3 Å². The first-order valence-corrected chi connectivity index (χ1v) is 10.6. The maximum Gasteiger partial charge on any atom is 0.260 e. The van der Waals surface area contributed by atoms with Gasteiger partial charge in [-0.1, -0.05) is 6.92 Å². The highest BCUT2D eigenvalue weighted by atomic mass is 16.5. The van der Waals surface area contributed by atoms with E-state index < -0.39 is 0 Å². The molecule has 1 aromatic carbocycles. The van der Waals surface area contributed by atoms with E-state index in [9.17, 15) is 14.4 Å². The number of nitrogens with zero attached hydrogens (tertiary/aromatic N) is 3. The highest BCUT2D eigenvalue weighted by Gasteiger charge is 2.25. The van der Waals surface area contributed by atoms with Crippen molar-refractivity contribution in [3.05, 3.63) is 29.8 Å². The number of piperazine rings is 1. The summed E-state index contributed by atoms with van der Waals surface area (Å²) in [7, 11) is 0. The van der Waals surface area contributed by atoms with Gasteiger partial charge in [0.2, 0.25) is 5.91 Å². The van der Waals surface area contributed by atoms with E-state index in [2.05, 4.69) is 4.90 Å². The molecule has 0 unspecified atom stereocenters. The first-order chi connectivity index (χ1) is 14.1. The van der Waals surface area contributed by atoms with Crippen LogP contribution < -0.4 is 4.74 Å². The van der Waals surface area contributed by atoms with Gasteiger partial charge >= 0.3 is 0 Å². The van der Waals surface area contributed by atoms with Gasteiger partial charge in [0.15, 0.2) is 12.4 Å². The fourth-order valence-corrected chi connectivity index (χ4v) is 3.77. The molecule has 158 valence electrons. The summed E-state index contributed by atoms with van der Waals surface area (Å²) in [6.45, 7) is 6.64. The van der Waals surface area contributed by atoms with Gasteiger partial charge in [-0.05, 0) is 43.5 Å². The minimum absolute atomic E-state index is 0.0201. The molecule has 0 saturated carbocycles. The number of Topliss-reactive ketones (excluding diaryl/α,β-unsaturated/α-hetero) is 1. The number of piperidine rings is 1. The lowest BCUT2D eigenvalue weighted by atomic mass is 10.1. The van der Waals surface area contributed by atoms with Crippen molar-refractivity contribution >= 4 is 17.6 Å². The van der Waals surface area contributed by atoms with E-state index in [1.165, 1.54) is 6.42 Å². The molecule has 2 heterocycles. The number of hydrogen-bond donors (Lipinski definition) is 0. The molecule has 2 fully saturated rings. The fraction of sp³-hybridized carbons (Fsp3) is 0.591. The summed E-state index contributed by atoms with van der Waals surface area (Å²) in [6, 6.07) is 6.90. The van der Waals surface area contributed by atoms with Gasteiger partial charge in [-0.2, -0.15) is 0 Å². The Morgan fingerprint density at radius 2 is 1.45 bits per heavy atom. The molecule has 2 aliphatic rings. The van der Waals surface area contributed by atoms with Crippen LogP contribution >= 0.6 is 0 Å². The van der Waals surface area contributed by atoms with Gasteiger partial charge in [0.1, 0.15) is 5.75 Å². The van der Waals surface area contributed by atoms with Crippen molar-refractivity contribution in [2.75, 3.05) is 52.4 Å². The maximum atomic E-state index is 12.4. The lowest BCUT2D eigenvalue weighted by Crippen LogP contribution is -2.52. The summed E-state index contributed by atoms with van der Waals surface area (Å²) >= 11 is 0. The van der Waals surface area contributed by atoms with Gasteiger partial charge in [0.25, 0.3) is 5.91 Å². The second-order valence-corrected chi connectivity index (χ2v) is 7.69. The number of amides is 2. The standard InChI is InChI=1S/C22H31N3O4/c1-2-20(26)18-6-8-19(9-7-18)29-17-22(28)25-14-12-23(13-15-25)16-21(27)24-10-4-3-5-11-24/h6-9H,2-5,10-17H2,1H3. The van der Waals surface area contributed by atoms with Crippen molar-refractivity contribution in [3.8, 4) is 5.75 Å². The van der Waals surface area contributed by atoms with Gasteiger partial charge in [0.05, 0.1) is 6.54 Å². The molecule has 3 rings (SSSR count). The van der Waals surface area contributed by atoms with Crippen LogP contribution in [0.1, 0.15) is 43.0 Å². The van der Waals surface area contributed by atoms with Crippen molar-refractivity contribution in [2.45, 2.75) is 32.6 Å². The summed E-state index contributed by atoms with van der Waals surface area (Å²) in [4.78, 5) is 42.3. The summed E-state index contributed by atoms with van der Waals surface area (Å²) in [5, 5.41) is 0. The first-order valence-electron chi connectivity index (χ1n) is 10.6. The average molecular weight is 402 g/mol. The normalized spacial score (nSPS) is 17.8. The third kappa shape index (κ3) is 6.03. The number of carbonyl (C=O) groups excluding carboxylic acids is 3. The minimum Gasteiger partial charge on any atom is -0.484 e. The zero-order valence-electron chi connectivity index (χ0n) is 17.3. The predicted molar refractivity (Wildman–Crippen MR) is 110 cm³/mol. The number of likely N-dealkylation sites (tertiary alicyclic amines) is 1. The van der Waals surface area contributed by atoms with Gasteiger partial charge < -0.3 is 14.5 Å². The minimum atomic E-state index is -0.0549. The molecule has 1 aromatic rings. The molecular weight excluding hydrogens is 370 g/mol. The lowest BCUT2D eigenvalue weighted by molar-refractivity contribution is -0.136. The second kappa shape index (κ2) is 10.4. The lowest BCUT2D eigenvalue weighted by Gasteiger charge is -2.36. The molecule has 0 radical (unpaired) electrons. The molecule has 2 saturated heterocycles. The van der Waals surface area contributed by atoms with Crippen molar-refractivity contribution in [1.29, 1.82) is 0 Å². The van der Waals surface area contributed by atoms with Crippen molar-refractivity contribution in [1.82, 2.24) is 14.7 Å². The van der Waals surface area contributed by atoms with Crippen LogP contribution in [0.25, 0.3) is 0 Å². The zero-order chi connectivity index (χ0) is 20.6. The van der Waals surface area contributed by atoms with E-state index in [1.807, 2.05) is 11.8 Å². The Kier molecular flexibility index (Phi) is 7.63. The van der Waals surface area contributed by atoms with E-state index in [4.69, 9.17) is 4.74 Å². The third-order valence-electron chi connectivity index (χ3n) is 5.65. The molecule has 0 spiro atoms. The third-order valence-corrected chi connectivity index (χ3v) is 5.65. The van der Waals surface area contributed by atoms with Crippen LogP contribution in [-0.4, -0.2) is 84.7 Å². The molecule has 0 aromatic heterocycles. The van der Waals surface area contributed by atoms with E-state index in [-0.39, 0.29) is 24.2 Å². The van der Waals surface area contributed by atoms with Crippen molar-refractivity contribution < 1.29 is 19.1 Å². The molecule has 29 heavy (non-hydrogen) atoms. The highest BCUT2D eigenvalue weighted by Crippen LogP contribution is 2.14. The number of ketones is 1. The van der Waals surface area contributed by atoms with E-state index >= 15 is 0 Å². The molecule has 2 amide bonds. The quantitative estimate of drug-likeness (QED) is 0.652. The number of hydrogen-bond acceptors (Lipinski definition) is 5. The molecule has 0 bridgehead atoms. The summed E-state index contributed by atoms with van der Waals surface area (Å²) in [5.74, 6) is 0.819. The van der Waals surface area contributed by atoms with Crippen LogP contribution in [0.15, 0.2) is 24.3 Å². The van der Waals surface area contributed by atoms with Gasteiger partial charge in [-0.15, -0.1) is 0 Å². The fourth-order valence-electron chi connectivity index (χ4n) is 3.77. The Bertz CT molecular complexity index is 705. The smallest absolute Gasteiger partial charge is 0.260 e. The number of benzene rings is 1. The molecule has 0 aliphatic carbocycles. The van der Waals surface area contributed by atoms with Crippen molar-refractivity contribution in [2.24, 2.45) is 0 Å². The molecule has 0 atom stereocenters. The topological polar surface area (TPSA) is 70.2 Å². The summed E-state index contributed by atoms with van der Waals surface area (Å²) in [5.41, 5.74) is 0.654. The van der Waals surface area contributed by atoms with Crippen LogP contribution in [0.2, 0.25) is 0 Å². The van der Waals surface area contributed by atoms with E-state index in [1.54, 1.807) is 29.2 Å². The average Bonchev–Trinajstić information content (AvgIpc) is 2.78. The Hall–Kier alpha value is -2.41. The Balaban J connectivity index is 1.38. The molecule has 2 aliphatic heterocycles. The Labute approximate surface area is 172 Å². The predicted octanol–water partition coefficient (Wildman–Crippen LogP) is 1.81. The maximum absolute atomic E-state index is 12.4. The SMILES string of the molecule is CCC(=O)c1ccc(OCC(=O)N2CCN(CC(=O)N3CCCCC3)CC2)cc1. The summed E-state index contributed by atoms with van der Waals surface area (Å²) < 4.78 is 5.58. The van der Waals surface area contributed by atoms with Gasteiger partial charge in [-0.3, -0.25) is 19.3 Å². The molecule has 0 N–H and O–H groups in total. The zero-order valence-corrected chi connectivity index (χ0v) is 17.3. The number of carbonyl (C=O) groups is 3. The van der Waals surface area contributed by atoms with E-state index in [0.29, 0.717) is 50.5 Å². The largest absolute Gasteiger partial charge is 0.484 e. The molecular formula is C22H31N3O4. The number of rotatable bonds is 7. The van der Waals surface area contributed by atoms with Crippen molar-refractivity contribution in [3.63, 3.8) is 0 Å². The highest BCUT2D eigenvalue weighted by molar-refractivity contribution is 5.95.